The van der Waals surface area contributed by atoms with Crippen molar-refractivity contribution in [3.8, 4) is 0 Å². The number of carbonyl (C=O) groups is 1. The van der Waals surface area contributed by atoms with Crippen molar-refractivity contribution >= 4 is 24.1 Å². The number of aliphatic hydroxyl groups is 2. The van der Waals surface area contributed by atoms with Crippen molar-refractivity contribution in [1.82, 2.24) is 0 Å². The largest absolute Gasteiger partial charge is 0.466 e. The second-order valence-corrected chi connectivity index (χ2v) is 8.75. The Morgan fingerprint density at radius 2 is 1.96 bits per heavy atom. The van der Waals surface area contributed by atoms with Gasteiger partial charge in [-0.2, -0.15) is 0 Å². The van der Waals surface area contributed by atoms with Crippen molar-refractivity contribution in [2.75, 3.05) is 45.9 Å². The summed E-state index contributed by atoms with van der Waals surface area (Å²) >= 11 is 1.02. The summed E-state index contributed by atoms with van der Waals surface area (Å²) in [7, 11) is 1.45. The molecule has 0 bridgehead atoms. The molecular formula is C13H27O8PS. The number of rotatable bonds is 15. The first kappa shape index (κ1) is 22.9. The van der Waals surface area contributed by atoms with E-state index in [9.17, 15) is 14.5 Å². The fourth-order valence-electron chi connectivity index (χ4n) is 1.51. The molecule has 0 fully saturated rings. The molecule has 2 N–H and O–H groups in total. The van der Waals surface area contributed by atoms with Crippen LogP contribution in [0.15, 0.2) is 0 Å². The number of aliphatic hydroxyl groups excluding tert-OH is 2. The third-order valence-electron chi connectivity index (χ3n) is 2.52. The maximum absolute atomic E-state index is 12.6. The molecule has 2 atom stereocenters. The van der Waals surface area contributed by atoms with Gasteiger partial charge in [0.05, 0.1) is 33.0 Å². The Morgan fingerprint density at radius 3 is 2.52 bits per heavy atom. The van der Waals surface area contributed by atoms with E-state index in [2.05, 4.69) is 0 Å². The van der Waals surface area contributed by atoms with Gasteiger partial charge < -0.3 is 19.7 Å². The topological polar surface area (TPSA) is 112 Å². The summed E-state index contributed by atoms with van der Waals surface area (Å²) in [6, 6.07) is 0. The summed E-state index contributed by atoms with van der Waals surface area (Å²) < 4.78 is 32.7. The number of methoxy groups -OCH3 is 1. The van der Waals surface area contributed by atoms with Crippen molar-refractivity contribution in [3.05, 3.63) is 0 Å². The van der Waals surface area contributed by atoms with Gasteiger partial charge in [0, 0.05) is 19.8 Å². The van der Waals surface area contributed by atoms with E-state index in [4.69, 9.17) is 23.6 Å². The van der Waals surface area contributed by atoms with Crippen molar-refractivity contribution < 1.29 is 38.1 Å². The van der Waals surface area contributed by atoms with Crippen molar-refractivity contribution in [3.63, 3.8) is 0 Å². The van der Waals surface area contributed by atoms with Gasteiger partial charge in [0.15, 0.2) is 0 Å². The van der Waals surface area contributed by atoms with Crippen molar-refractivity contribution in [2.45, 2.75) is 32.3 Å². The van der Waals surface area contributed by atoms with Crippen LogP contribution in [-0.4, -0.2) is 68.2 Å². The van der Waals surface area contributed by atoms with Crippen LogP contribution < -0.4 is 0 Å². The molecule has 0 saturated carbocycles. The summed E-state index contributed by atoms with van der Waals surface area (Å²) in [4.78, 5) is 10.6. The van der Waals surface area contributed by atoms with Crippen LogP contribution in [0.4, 0.5) is 0 Å². The lowest BCUT2D eigenvalue weighted by Gasteiger charge is -2.22. The van der Waals surface area contributed by atoms with Crippen molar-refractivity contribution in [1.29, 1.82) is 0 Å². The Hall–Kier alpha value is -0.150. The molecule has 0 spiro atoms. The van der Waals surface area contributed by atoms with E-state index in [0.717, 1.165) is 30.6 Å². The second-order valence-electron chi connectivity index (χ2n) is 4.60. The maximum atomic E-state index is 12.6. The highest BCUT2D eigenvalue weighted by Gasteiger charge is 2.29. The van der Waals surface area contributed by atoms with Crippen LogP contribution >= 0.6 is 18.2 Å². The molecule has 0 heterocycles. The Kier molecular flexibility index (Phi) is 14.1. The number of esters is 1. The Balaban J connectivity index is 4.16. The SMILES string of the molecule is COCC(CO)OP(=O)(OCCO)SCCCCCOC(C)=O. The van der Waals surface area contributed by atoms with Gasteiger partial charge in [0.2, 0.25) is 0 Å². The summed E-state index contributed by atoms with van der Waals surface area (Å²) in [6.07, 6.45) is 1.53. The molecule has 0 aliphatic rings. The van der Waals surface area contributed by atoms with E-state index in [0.29, 0.717) is 12.4 Å². The normalized spacial score (nSPS) is 15.1. The highest BCUT2D eigenvalue weighted by molar-refractivity contribution is 8.55. The molecule has 0 saturated heterocycles. The lowest BCUT2D eigenvalue weighted by molar-refractivity contribution is -0.141. The minimum absolute atomic E-state index is 0.0892. The Bertz CT molecular complexity index is 355. The van der Waals surface area contributed by atoms with E-state index in [1.807, 2.05) is 0 Å². The van der Waals surface area contributed by atoms with Gasteiger partial charge >= 0.3 is 12.8 Å². The highest BCUT2D eigenvalue weighted by atomic mass is 32.7. The molecule has 0 aromatic heterocycles. The fraction of sp³-hybridized carbons (Fsp3) is 0.923. The highest BCUT2D eigenvalue weighted by Crippen LogP contribution is 2.61. The van der Waals surface area contributed by atoms with E-state index < -0.39 is 12.9 Å². The van der Waals surface area contributed by atoms with Crippen LogP contribution in [0.2, 0.25) is 0 Å². The first-order chi connectivity index (χ1) is 11.0. The molecule has 0 radical (unpaired) electrons. The number of ether oxygens (including phenoxy) is 2. The molecule has 138 valence electrons. The molecule has 10 heteroatoms. The average molecular weight is 374 g/mol. The zero-order valence-corrected chi connectivity index (χ0v) is 15.4. The van der Waals surface area contributed by atoms with Crippen LogP contribution in [0.5, 0.6) is 0 Å². The summed E-state index contributed by atoms with van der Waals surface area (Å²) in [5.41, 5.74) is 0. The maximum Gasteiger partial charge on any atom is 0.389 e. The molecule has 0 aliphatic heterocycles. The van der Waals surface area contributed by atoms with Gasteiger partial charge in [0.1, 0.15) is 6.10 Å². The van der Waals surface area contributed by atoms with Gasteiger partial charge in [-0.3, -0.25) is 13.8 Å². The van der Waals surface area contributed by atoms with Gasteiger partial charge in [0.25, 0.3) is 0 Å². The zero-order chi connectivity index (χ0) is 17.6. The Labute approximate surface area is 141 Å². The number of carbonyl (C=O) groups excluding carboxylic acids is 1. The molecular weight excluding hydrogens is 347 g/mol. The third-order valence-corrected chi connectivity index (χ3v) is 6.43. The van der Waals surface area contributed by atoms with E-state index in [1.54, 1.807) is 0 Å². The van der Waals surface area contributed by atoms with Crippen LogP contribution in [0.3, 0.4) is 0 Å². The minimum Gasteiger partial charge on any atom is -0.466 e. The standard InChI is InChI=1S/C13H27O8PS/c1-12(16)19-7-4-3-5-9-23-22(17,20-8-6-14)21-13(10-15)11-18-2/h13-15H,3-11H2,1-2H3. The van der Waals surface area contributed by atoms with Gasteiger partial charge in [-0.1, -0.05) is 0 Å². The molecule has 8 nitrogen and oxygen atoms in total. The van der Waals surface area contributed by atoms with Crippen LogP contribution in [0, 0.1) is 0 Å². The lowest BCUT2D eigenvalue weighted by Crippen LogP contribution is -2.22. The van der Waals surface area contributed by atoms with Crippen LogP contribution in [-0.2, 0) is 27.9 Å². The molecule has 0 rings (SSSR count). The van der Waals surface area contributed by atoms with E-state index >= 15 is 0 Å². The average Bonchev–Trinajstić information content (AvgIpc) is 2.51. The monoisotopic (exact) mass is 374 g/mol. The first-order valence-electron chi connectivity index (χ1n) is 7.39. The minimum atomic E-state index is -3.48. The molecule has 0 aromatic carbocycles. The number of hydrogen-bond acceptors (Lipinski definition) is 9. The molecule has 0 amide bonds. The molecule has 23 heavy (non-hydrogen) atoms. The van der Waals surface area contributed by atoms with Crippen LogP contribution in [0.1, 0.15) is 26.2 Å². The smallest absolute Gasteiger partial charge is 0.389 e. The van der Waals surface area contributed by atoms with Gasteiger partial charge in [-0.15, -0.1) is 0 Å². The fourth-order valence-corrected chi connectivity index (χ4v) is 5.11. The van der Waals surface area contributed by atoms with E-state index in [-0.39, 0.29) is 32.4 Å². The summed E-state index contributed by atoms with van der Waals surface area (Å²) in [5.74, 6) is 0.219. The second kappa shape index (κ2) is 14.2. The molecule has 2 unspecified atom stereocenters. The summed E-state index contributed by atoms with van der Waals surface area (Å²) in [6.45, 7) is -2.38. The van der Waals surface area contributed by atoms with Crippen molar-refractivity contribution in [2.24, 2.45) is 0 Å². The summed E-state index contributed by atoms with van der Waals surface area (Å²) in [5, 5.41) is 18.0. The quantitative estimate of drug-likeness (QED) is 0.251. The van der Waals surface area contributed by atoms with Gasteiger partial charge in [-0.05, 0) is 30.6 Å². The number of unbranched alkanes of at least 4 members (excludes halogenated alkanes) is 2. The first-order valence-corrected chi connectivity index (χ1v) is 10.5. The number of hydrogen-bond donors (Lipinski definition) is 2. The predicted molar refractivity (Wildman–Crippen MR) is 87.4 cm³/mol. The molecule has 0 aromatic rings. The predicted octanol–water partition coefficient (Wildman–Crippen LogP) is 1.59. The van der Waals surface area contributed by atoms with Gasteiger partial charge in [-0.25, -0.2) is 4.57 Å². The Morgan fingerprint density at radius 1 is 1.22 bits per heavy atom. The third kappa shape index (κ3) is 12.9. The van der Waals surface area contributed by atoms with Crippen LogP contribution in [0.25, 0.3) is 0 Å². The van der Waals surface area contributed by atoms with E-state index in [1.165, 1.54) is 14.0 Å². The zero-order valence-electron chi connectivity index (χ0n) is 13.6. The lowest BCUT2D eigenvalue weighted by atomic mass is 10.3. The molecule has 0 aliphatic carbocycles.